The van der Waals surface area contributed by atoms with Crippen molar-refractivity contribution in [3.8, 4) is 0 Å². The molecule has 130 valence electrons. The predicted octanol–water partition coefficient (Wildman–Crippen LogP) is 3.48. The van der Waals surface area contributed by atoms with Gasteiger partial charge in [-0.2, -0.15) is 13.2 Å². The lowest BCUT2D eigenvalue weighted by molar-refractivity contribution is -0.137. The van der Waals surface area contributed by atoms with Crippen molar-refractivity contribution in [2.45, 2.75) is 6.18 Å². The number of carbonyl (C=O) groups is 1. The van der Waals surface area contributed by atoms with Crippen LogP contribution in [0.2, 0.25) is 0 Å². The van der Waals surface area contributed by atoms with E-state index in [2.05, 4.69) is 0 Å². The molecule has 7 heteroatoms. The van der Waals surface area contributed by atoms with E-state index in [9.17, 15) is 22.8 Å². The van der Waals surface area contributed by atoms with Crippen LogP contribution in [0.3, 0.4) is 0 Å². The van der Waals surface area contributed by atoms with Gasteiger partial charge in [-0.15, -0.1) is 0 Å². The fourth-order valence-corrected chi connectivity index (χ4v) is 2.18. The molecule has 2 rings (SSSR count). The maximum absolute atomic E-state index is 12.7. The molecule has 0 spiro atoms. The molecule has 1 heterocycles. The zero-order chi connectivity index (χ0) is 18.6. The molecule has 0 saturated carbocycles. The van der Waals surface area contributed by atoms with E-state index < -0.39 is 17.7 Å². The van der Waals surface area contributed by atoms with Crippen molar-refractivity contribution in [1.29, 1.82) is 0 Å². The predicted molar refractivity (Wildman–Crippen MR) is 87.0 cm³/mol. The van der Waals surface area contributed by atoms with Crippen molar-refractivity contribution in [3.63, 3.8) is 0 Å². The molecule has 0 saturated heterocycles. The summed E-state index contributed by atoms with van der Waals surface area (Å²) < 4.78 is 39.4. The fourth-order valence-electron chi connectivity index (χ4n) is 2.18. The van der Waals surface area contributed by atoms with Gasteiger partial charge in [0, 0.05) is 25.4 Å². The fraction of sp³-hybridized carbons (Fsp3) is 0.111. The molecular weight excluding hydrogens is 335 g/mol. The smallest absolute Gasteiger partial charge is 0.416 e. The SMILES string of the molecule is Cn1cc(/C(=C\C=C\C(=O)O)c2ccc(C(F)(F)F)cc2)ccc1=O. The number of benzene rings is 1. The molecule has 0 bridgehead atoms. The van der Waals surface area contributed by atoms with Gasteiger partial charge in [0.25, 0.3) is 0 Å². The normalized spacial score (nSPS) is 12.6. The van der Waals surface area contributed by atoms with Crippen LogP contribution in [0.25, 0.3) is 5.57 Å². The number of pyridine rings is 1. The first kappa shape index (κ1) is 18.3. The van der Waals surface area contributed by atoms with Gasteiger partial charge in [0.2, 0.25) is 5.56 Å². The Labute approximate surface area is 141 Å². The molecule has 0 aliphatic carbocycles. The van der Waals surface area contributed by atoms with Crippen molar-refractivity contribution in [3.05, 3.63) is 87.9 Å². The van der Waals surface area contributed by atoms with Crippen molar-refractivity contribution >= 4 is 11.5 Å². The van der Waals surface area contributed by atoms with E-state index in [0.29, 0.717) is 16.7 Å². The topological polar surface area (TPSA) is 59.3 Å². The number of hydrogen-bond donors (Lipinski definition) is 1. The van der Waals surface area contributed by atoms with Crippen LogP contribution in [0.5, 0.6) is 0 Å². The largest absolute Gasteiger partial charge is 0.478 e. The number of aromatic nitrogens is 1. The highest BCUT2D eigenvalue weighted by molar-refractivity contribution is 5.83. The Morgan fingerprint density at radius 1 is 1.08 bits per heavy atom. The molecule has 0 amide bonds. The number of carboxylic acid groups (broad SMARTS) is 1. The number of hydrogen-bond acceptors (Lipinski definition) is 2. The first-order valence-corrected chi connectivity index (χ1v) is 7.14. The summed E-state index contributed by atoms with van der Waals surface area (Å²) in [5.41, 5.74) is 0.495. The molecule has 0 aliphatic heterocycles. The van der Waals surface area contributed by atoms with Crippen LogP contribution in [-0.4, -0.2) is 15.6 Å². The third-order valence-electron chi connectivity index (χ3n) is 3.42. The minimum atomic E-state index is -4.44. The second-order valence-electron chi connectivity index (χ2n) is 5.22. The number of nitrogens with zero attached hydrogens (tertiary/aromatic N) is 1. The highest BCUT2D eigenvalue weighted by Gasteiger charge is 2.30. The number of allylic oxidation sites excluding steroid dienone is 2. The average molecular weight is 349 g/mol. The Kier molecular flexibility index (Phi) is 5.26. The Bertz CT molecular complexity index is 891. The molecule has 0 radical (unpaired) electrons. The first-order valence-electron chi connectivity index (χ1n) is 7.14. The van der Waals surface area contributed by atoms with Crippen LogP contribution < -0.4 is 5.56 Å². The standard InChI is InChI=1S/C18H14F3NO3/c1-22-11-13(7-10-16(22)23)15(3-2-4-17(24)25)12-5-8-14(9-6-12)18(19,20)21/h2-11H,1H3,(H,24,25)/b4-2+,15-3-. The monoisotopic (exact) mass is 349 g/mol. The molecule has 1 aromatic heterocycles. The van der Waals surface area contributed by atoms with E-state index in [1.165, 1.54) is 47.2 Å². The molecule has 0 aliphatic rings. The Morgan fingerprint density at radius 3 is 2.20 bits per heavy atom. The van der Waals surface area contributed by atoms with Gasteiger partial charge in [0.1, 0.15) is 0 Å². The van der Waals surface area contributed by atoms with Gasteiger partial charge < -0.3 is 9.67 Å². The van der Waals surface area contributed by atoms with Crippen molar-refractivity contribution < 1.29 is 23.1 Å². The van der Waals surface area contributed by atoms with E-state index in [1.807, 2.05) is 0 Å². The molecule has 0 unspecified atom stereocenters. The minimum absolute atomic E-state index is 0.239. The van der Waals surface area contributed by atoms with Gasteiger partial charge in [-0.25, -0.2) is 4.79 Å². The van der Waals surface area contributed by atoms with E-state index in [-0.39, 0.29) is 5.56 Å². The van der Waals surface area contributed by atoms with Crippen LogP contribution in [0.15, 0.2) is 65.6 Å². The average Bonchev–Trinajstić information content (AvgIpc) is 2.53. The maximum Gasteiger partial charge on any atom is 0.416 e. The number of halogens is 3. The Morgan fingerprint density at radius 2 is 1.68 bits per heavy atom. The minimum Gasteiger partial charge on any atom is -0.478 e. The van der Waals surface area contributed by atoms with Crippen molar-refractivity contribution in [2.75, 3.05) is 0 Å². The van der Waals surface area contributed by atoms with Gasteiger partial charge in [-0.3, -0.25) is 4.79 Å². The summed E-state index contributed by atoms with van der Waals surface area (Å²) in [6, 6.07) is 7.36. The summed E-state index contributed by atoms with van der Waals surface area (Å²) in [5, 5.41) is 8.69. The summed E-state index contributed by atoms with van der Waals surface area (Å²) in [6.07, 6.45) is 0.742. The third kappa shape index (κ3) is 4.69. The second-order valence-corrected chi connectivity index (χ2v) is 5.22. The second kappa shape index (κ2) is 7.21. The Balaban J connectivity index is 2.53. The lowest BCUT2D eigenvalue weighted by Gasteiger charge is -2.11. The van der Waals surface area contributed by atoms with Gasteiger partial charge >= 0.3 is 12.1 Å². The number of alkyl halides is 3. The van der Waals surface area contributed by atoms with Gasteiger partial charge in [-0.05, 0) is 34.9 Å². The van der Waals surface area contributed by atoms with Gasteiger partial charge in [0.05, 0.1) is 5.56 Å². The van der Waals surface area contributed by atoms with Gasteiger partial charge in [-0.1, -0.05) is 24.3 Å². The van der Waals surface area contributed by atoms with E-state index in [0.717, 1.165) is 18.2 Å². The summed E-state index contributed by atoms with van der Waals surface area (Å²) >= 11 is 0. The summed E-state index contributed by atoms with van der Waals surface area (Å²) in [4.78, 5) is 22.1. The number of carboxylic acids is 1. The molecular formula is C18H14F3NO3. The number of aryl methyl sites for hydroxylation is 1. The molecule has 1 N–H and O–H groups in total. The lowest BCUT2D eigenvalue weighted by Crippen LogP contribution is -2.14. The molecule has 25 heavy (non-hydrogen) atoms. The van der Waals surface area contributed by atoms with Crippen LogP contribution >= 0.6 is 0 Å². The van der Waals surface area contributed by atoms with Crippen molar-refractivity contribution in [1.82, 2.24) is 4.57 Å². The van der Waals surface area contributed by atoms with Crippen LogP contribution in [0.4, 0.5) is 13.2 Å². The molecule has 1 aromatic carbocycles. The summed E-state index contributed by atoms with van der Waals surface area (Å²) in [7, 11) is 1.54. The van der Waals surface area contributed by atoms with E-state index in [4.69, 9.17) is 5.11 Å². The Hall–Kier alpha value is -3.09. The lowest BCUT2D eigenvalue weighted by atomic mass is 9.97. The third-order valence-corrected chi connectivity index (χ3v) is 3.42. The quantitative estimate of drug-likeness (QED) is 0.679. The van der Waals surface area contributed by atoms with Gasteiger partial charge in [0.15, 0.2) is 0 Å². The zero-order valence-corrected chi connectivity index (χ0v) is 13.1. The van der Waals surface area contributed by atoms with Crippen LogP contribution in [0.1, 0.15) is 16.7 Å². The molecule has 2 aromatic rings. The summed E-state index contributed by atoms with van der Waals surface area (Å²) in [6.45, 7) is 0. The maximum atomic E-state index is 12.7. The molecule has 4 nitrogen and oxygen atoms in total. The number of aliphatic carboxylic acids is 1. The highest BCUT2D eigenvalue weighted by atomic mass is 19.4. The summed E-state index contributed by atoms with van der Waals surface area (Å²) in [5.74, 6) is -1.15. The van der Waals surface area contributed by atoms with Crippen LogP contribution in [0, 0.1) is 0 Å². The van der Waals surface area contributed by atoms with E-state index in [1.54, 1.807) is 7.05 Å². The molecule has 0 atom stereocenters. The zero-order valence-electron chi connectivity index (χ0n) is 13.1. The first-order chi connectivity index (χ1) is 11.7. The van der Waals surface area contributed by atoms with Crippen LogP contribution in [-0.2, 0) is 18.0 Å². The number of rotatable bonds is 4. The molecule has 0 fully saturated rings. The van der Waals surface area contributed by atoms with Crippen molar-refractivity contribution in [2.24, 2.45) is 7.05 Å². The van der Waals surface area contributed by atoms with E-state index >= 15 is 0 Å². The highest BCUT2D eigenvalue weighted by Crippen LogP contribution is 2.31.